The van der Waals surface area contributed by atoms with Gasteiger partial charge in [-0.2, -0.15) is 0 Å². The van der Waals surface area contributed by atoms with Crippen LogP contribution in [0.25, 0.3) is 0 Å². The molecule has 1 aromatic carbocycles. The summed E-state index contributed by atoms with van der Waals surface area (Å²) < 4.78 is 11.2. The van der Waals surface area contributed by atoms with Crippen molar-refractivity contribution in [1.29, 1.82) is 0 Å². The summed E-state index contributed by atoms with van der Waals surface area (Å²) in [7, 11) is 0. The quantitative estimate of drug-likeness (QED) is 0.692. The van der Waals surface area contributed by atoms with Crippen molar-refractivity contribution in [3.63, 3.8) is 0 Å². The van der Waals surface area contributed by atoms with Gasteiger partial charge in [0.1, 0.15) is 0 Å². The minimum atomic E-state index is -0.252. The molecule has 1 fully saturated rings. The van der Waals surface area contributed by atoms with Gasteiger partial charge in [-0.1, -0.05) is 0 Å². The third-order valence-corrected chi connectivity index (χ3v) is 5.24. The molecule has 0 aliphatic carbocycles. The predicted octanol–water partition coefficient (Wildman–Crippen LogP) is 1.87. The number of rotatable bonds is 6. The maximum absolute atomic E-state index is 12.6. The Hall–Kier alpha value is -2.61. The molecule has 1 aromatic rings. The van der Waals surface area contributed by atoms with Crippen molar-refractivity contribution in [3.05, 3.63) is 23.8 Å². The summed E-state index contributed by atoms with van der Waals surface area (Å²) in [6, 6.07) is 5.18. The number of nitrogens with zero attached hydrogens (tertiary/aromatic N) is 2. The van der Waals surface area contributed by atoms with Crippen molar-refractivity contribution in [2.45, 2.75) is 45.6 Å². The maximum Gasteiger partial charge on any atom is 0.234 e. The minimum absolute atomic E-state index is 0.00648. The van der Waals surface area contributed by atoms with Crippen LogP contribution >= 0.6 is 0 Å². The van der Waals surface area contributed by atoms with E-state index < -0.39 is 0 Å². The van der Waals surface area contributed by atoms with E-state index in [1.54, 1.807) is 23.1 Å². The molecule has 3 rings (SSSR count). The standard InChI is InChI=1S/C23H33N3O5/c1-23(2,3)24-21(28)16-25-9-11-26(12-10-25)22(29)8-6-18(27)17-5-7-19-20(15-17)31-14-4-13-30-19/h5,7,15H,4,6,8-14,16H2,1-3H3,(H,24,28). The highest BCUT2D eigenvalue weighted by Crippen LogP contribution is 2.30. The lowest BCUT2D eigenvalue weighted by Crippen LogP contribution is -2.52. The van der Waals surface area contributed by atoms with Crippen LogP contribution in [0.1, 0.15) is 50.4 Å². The third-order valence-electron chi connectivity index (χ3n) is 5.24. The van der Waals surface area contributed by atoms with Crippen molar-refractivity contribution < 1.29 is 23.9 Å². The first-order valence-electron chi connectivity index (χ1n) is 11.0. The molecule has 31 heavy (non-hydrogen) atoms. The molecule has 8 heteroatoms. The van der Waals surface area contributed by atoms with E-state index in [0.717, 1.165) is 6.42 Å². The molecule has 1 N–H and O–H groups in total. The smallest absolute Gasteiger partial charge is 0.234 e. The van der Waals surface area contributed by atoms with Crippen LogP contribution in [0.5, 0.6) is 11.5 Å². The largest absolute Gasteiger partial charge is 0.490 e. The molecule has 0 saturated carbocycles. The van der Waals surface area contributed by atoms with Gasteiger partial charge in [-0.05, 0) is 39.0 Å². The Kier molecular flexibility index (Phi) is 7.54. The molecule has 0 spiro atoms. The van der Waals surface area contributed by atoms with Crippen LogP contribution < -0.4 is 14.8 Å². The lowest BCUT2D eigenvalue weighted by molar-refractivity contribution is -0.133. The molecular formula is C23H33N3O5. The Morgan fingerprint density at radius 3 is 2.32 bits per heavy atom. The number of ketones is 1. The zero-order chi connectivity index (χ0) is 22.4. The fraction of sp³-hybridized carbons (Fsp3) is 0.609. The number of benzene rings is 1. The first kappa shape index (κ1) is 23.1. The van der Waals surface area contributed by atoms with Crippen LogP contribution in [0, 0.1) is 0 Å². The van der Waals surface area contributed by atoms with Crippen molar-refractivity contribution in [3.8, 4) is 11.5 Å². The average Bonchev–Trinajstić information content (AvgIpc) is 2.95. The van der Waals surface area contributed by atoms with Gasteiger partial charge in [-0.15, -0.1) is 0 Å². The van der Waals surface area contributed by atoms with Crippen molar-refractivity contribution in [2.24, 2.45) is 0 Å². The molecule has 0 bridgehead atoms. The van der Waals surface area contributed by atoms with Crippen molar-refractivity contribution in [1.82, 2.24) is 15.1 Å². The highest BCUT2D eigenvalue weighted by Gasteiger charge is 2.24. The molecule has 2 heterocycles. The van der Waals surface area contributed by atoms with Gasteiger partial charge in [-0.3, -0.25) is 19.3 Å². The number of Topliss-reactive ketones (excluding diaryl/α,β-unsaturated/α-hetero) is 1. The van der Waals surface area contributed by atoms with Crippen LogP contribution in [0.3, 0.4) is 0 Å². The van der Waals surface area contributed by atoms with Gasteiger partial charge >= 0.3 is 0 Å². The van der Waals surface area contributed by atoms with Gasteiger partial charge in [0.05, 0.1) is 19.8 Å². The number of carbonyl (C=O) groups excluding carboxylic acids is 3. The summed E-state index contributed by atoms with van der Waals surface area (Å²) in [5.41, 5.74) is 0.282. The van der Waals surface area contributed by atoms with Crippen LogP contribution in [-0.4, -0.2) is 78.9 Å². The van der Waals surface area contributed by atoms with E-state index in [0.29, 0.717) is 63.0 Å². The topological polar surface area (TPSA) is 88.2 Å². The second-order valence-electron chi connectivity index (χ2n) is 9.09. The summed E-state index contributed by atoms with van der Waals surface area (Å²) in [5.74, 6) is 1.12. The summed E-state index contributed by atoms with van der Waals surface area (Å²) >= 11 is 0. The second-order valence-corrected chi connectivity index (χ2v) is 9.09. The van der Waals surface area contributed by atoms with Crippen molar-refractivity contribution in [2.75, 3.05) is 45.9 Å². The molecule has 0 aromatic heterocycles. The molecule has 8 nitrogen and oxygen atoms in total. The second kappa shape index (κ2) is 10.1. The lowest BCUT2D eigenvalue weighted by atomic mass is 10.1. The number of fused-ring (bicyclic) bond motifs is 1. The Morgan fingerprint density at radius 2 is 1.65 bits per heavy atom. The summed E-state index contributed by atoms with van der Waals surface area (Å²) in [6.07, 6.45) is 1.14. The van der Waals surface area contributed by atoms with E-state index in [4.69, 9.17) is 9.47 Å². The average molecular weight is 432 g/mol. The van der Waals surface area contributed by atoms with Gasteiger partial charge in [0.15, 0.2) is 17.3 Å². The zero-order valence-electron chi connectivity index (χ0n) is 18.7. The summed E-state index contributed by atoms with van der Waals surface area (Å²) in [4.78, 5) is 41.0. The van der Waals surface area contributed by atoms with Crippen LogP contribution in [-0.2, 0) is 9.59 Å². The minimum Gasteiger partial charge on any atom is -0.490 e. The molecule has 170 valence electrons. The predicted molar refractivity (Wildman–Crippen MR) is 117 cm³/mol. The van der Waals surface area contributed by atoms with E-state index in [1.165, 1.54) is 0 Å². The molecule has 1 saturated heterocycles. The van der Waals surface area contributed by atoms with Crippen LogP contribution in [0.2, 0.25) is 0 Å². The van der Waals surface area contributed by atoms with Gasteiger partial charge in [0, 0.05) is 56.5 Å². The van der Waals surface area contributed by atoms with E-state index in [-0.39, 0.29) is 36.0 Å². The molecule has 2 aliphatic heterocycles. The van der Waals surface area contributed by atoms with E-state index in [1.807, 2.05) is 25.7 Å². The number of hydrogen-bond acceptors (Lipinski definition) is 6. The molecular weight excluding hydrogens is 398 g/mol. The first-order valence-corrected chi connectivity index (χ1v) is 11.0. The highest BCUT2D eigenvalue weighted by molar-refractivity contribution is 5.98. The Labute approximate surface area is 183 Å². The third kappa shape index (κ3) is 6.95. The molecule has 2 aliphatic rings. The number of piperazine rings is 1. The van der Waals surface area contributed by atoms with Crippen molar-refractivity contribution >= 4 is 17.6 Å². The van der Waals surface area contributed by atoms with E-state index in [2.05, 4.69) is 5.32 Å². The maximum atomic E-state index is 12.6. The first-order chi connectivity index (χ1) is 14.7. The number of carbonyl (C=O) groups is 3. The van der Waals surface area contributed by atoms with E-state index >= 15 is 0 Å². The van der Waals surface area contributed by atoms with Gasteiger partial charge in [-0.25, -0.2) is 0 Å². The normalized spacial score (nSPS) is 17.1. The number of hydrogen-bond donors (Lipinski definition) is 1. The monoisotopic (exact) mass is 431 g/mol. The lowest BCUT2D eigenvalue weighted by Gasteiger charge is -2.35. The fourth-order valence-corrected chi connectivity index (χ4v) is 3.68. The number of nitrogens with one attached hydrogen (secondary N) is 1. The van der Waals surface area contributed by atoms with Crippen LogP contribution in [0.4, 0.5) is 0 Å². The summed E-state index contributed by atoms with van der Waals surface area (Å²) in [6.45, 7) is 9.80. The number of ether oxygens (including phenoxy) is 2. The molecule has 0 radical (unpaired) electrons. The SMILES string of the molecule is CC(C)(C)NC(=O)CN1CCN(C(=O)CCC(=O)c2ccc3c(c2)OCCCO3)CC1. The summed E-state index contributed by atoms with van der Waals surface area (Å²) in [5, 5.41) is 2.96. The fourth-order valence-electron chi connectivity index (χ4n) is 3.68. The Balaban J connectivity index is 1.43. The Bertz CT molecular complexity index is 810. The molecule has 0 atom stereocenters. The number of amides is 2. The van der Waals surface area contributed by atoms with E-state index in [9.17, 15) is 14.4 Å². The van der Waals surface area contributed by atoms with Crippen LogP contribution in [0.15, 0.2) is 18.2 Å². The zero-order valence-corrected chi connectivity index (χ0v) is 18.7. The molecule has 2 amide bonds. The van der Waals surface area contributed by atoms with Gasteiger partial charge in [0.25, 0.3) is 0 Å². The van der Waals surface area contributed by atoms with Gasteiger partial charge < -0.3 is 19.7 Å². The van der Waals surface area contributed by atoms with Gasteiger partial charge in [0.2, 0.25) is 11.8 Å². The molecule has 0 unspecified atom stereocenters. The Morgan fingerprint density at radius 1 is 0.968 bits per heavy atom. The highest BCUT2D eigenvalue weighted by atomic mass is 16.5.